The van der Waals surface area contributed by atoms with E-state index in [-0.39, 0.29) is 29.8 Å². The average Bonchev–Trinajstić information content (AvgIpc) is 2.90. The Labute approximate surface area is 130 Å². The van der Waals surface area contributed by atoms with Gasteiger partial charge in [-0.3, -0.25) is 9.59 Å². The minimum Gasteiger partial charge on any atom is -0.507 e. The summed E-state index contributed by atoms with van der Waals surface area (Å²) in [6, 6.07) is 3.34. The number of fused-ring (bicyclic) bond motifs is 1. The van der Waals surface area contributed by atoms with Crippen molar-refractivity contribution < 1.29 is 14.7 Å². The first-order chi connectivity index (χ1) is 10.6. The van der Waals surface area contributed by atoms with Crippen molar-refractivity contribution in [3.8, 4) is 5.75 Å². The number of hydrogen-bond donors (Lipinski definition) is 3. The summed E-state index contributed by atoms with van der Waals surface area (Å²) < 4.78 is 0. The highest BCUT2D eigenvalue weighted by Gasteiger charge is 2.29. The van der Waals surface area contributed by atoms with Gasteiger partial charge >= 0.3 is 0 Å². The van der Waals surface area contributed by atoms with Gasteiger partial charge < -0.3 is 15.7 Å². The Balaban J connectivity index is 2.21. The number of aromatic hydroxyl groups is 1. The van der Waals surface area contributed by atoms with Crippen molar-refractivity contribution >= 4 is 17.4 Å². The number of Topliss-reactive ketones (excluding diaryl/α,β-unsaturated/α-hetero) is 1. The van der Waals surface area contributed by atoms with Crippen LogP contribution in [-0.2, 0) is 4.79 Å². The molecule has 1 amide bonds. The van der Waals surface area contributed by atoms with Crippen molar-refractivity contribution in [2.24, 2.45) is 0 Å². The molecule has 1 unspecified atom stereocenters. The maximum absolute atomic E-state index is 12.3. The monoisotopic (exact) mass is 302 g/mol. The van der Waals surface area contributed by atoms with E-state index in [2.05, 4.69) is 17.2 Å². The number of hydrogen-bond acceptors (Lipinski definition) is 4. The summed E-state index contributed by atoms with van der Waals surface area (Å²) in [7, 11) is 0. The number of anilines is 1. The third kappa shape index (κ3) is 3.30. The predicted octanol–water partition coefficient (Wildman–Crippen LogP) is 2.58. The summed E-state index contributed by atoms with van der Waals surface area (Å²) in [4.78, 5) is 23.6. The molecule has 1 atom stereocenters. The molecular weight excluding hydrogens is 280 g/mol. The number of nitrogens with one attached hydrogen (secondary N) is 2. The highest BCUT2D eigenvalue weighted by molar-refractivity contribution is 6.02. The lowest BCUT2D eigenvalue weighted by molar-refractivity contribution is -0.120. The van der Waals surface area contributed by atoms with Crippen LogP contribution < -0.4 is 10.6 Å². The van der Waals surface area contributed by atoms with Crippen LogP contribution >= 0.6 is 0 Å². The first kappa shape index (κ1) is 16.1. The summed E-state index contributed by atoms with van der Waals surface area (Å²) in [6.45, 7) is 6.65. The van der Waals surface area contributed by atoms with Crippen LogP contribution in [0.5, 0.6) is 5.75 Å². The standard InChI is InChI=1S/C17H22N2O3/c1-3-5-13(20)17-14(21)7-6-12-16(17)11(10-19-12)8-9-18-15(22)4-2/h3,6-7,11,19,21H,1,4-5,8-10H2,2H3,(H,18,22). The maximum atomic E-state index is 12.3. The van der Waals surface area contributed by atoms with Crippen molar-refractivity contribution in [3.63, 3.8) is 0 Å². The topological polar surface area (TPSA) is 78.4 Å². The van der Waals surface area contributed by atoms with Crippen molar-refractivity contribution in [1.29, 1.82) is 0 Å². The number of amides is 1. The van der Waals surface area contributed by atoms with E-state index in [1.165, 1.54) is 0 Å². The highest BCUT2D eigenvalue weighted by Crippen LogP contribution is 2.40. The van der Waals surface area contributed by atoms with E-state index in [9.17, 15) is 14.7 Å². The lowest BCUT2D eigenvalue weighted by Crippen LogP contribution is -2.25. The molecular formula is C17H22N2O3. The van der Waals surface area contributed by atoms with Crippen LogP contribution in [-0.4, -0.2) is 29.9 Å². The molecule has 1 heterocycles. The number of carbonyl (C=O) groups excluding carboxylic acids is 2. The molecule has 0 radical (unpaired) electrons. The number of ketones is 1. The molecule has 0 bridgehead atoms. The molecule has 118 valence electrons. The van der Waals surface area contributed by atoms with Crippen molar-refractivity contribution in [1.82, 2.24) is 5.32 Å². The summed E-state index contributed by atoms with van der Waals surface area (Å²) in [6.07, 6.45) is 2.93. The Morgan fingerprint density at radius 2 is 2.27 bits per heavy atom. The van der Waals surface area contributed by atoms with Crippen molar-refractivity contribution in [2.75, 3.05) is 18.4 Å². The summed E-state index contributed by atoms with van der Waals surface area (Å²) in [5, 5.41) is 16.2. The smallest absolute Gasteiger partial charge is 0.219 e. The third-order valence-electron chi connectivity index (χ3n) is 3.92. The quantitative estimate of drug-likeness (QED) is 0.411. The molecule has 1 aliphatic rings. The zero-order valence-electron chi connectivity index (χ0n) is 12.8. The van der Waals surface area contributed by atoms with Gasteiger partial charge in [0.15, 0.2) is 5.78 Å². The molecule has 0 spiro atoms. The van der Waals surface area contributed by atoms with Gasteiger partial charge in [0.05, 0.1) is 5.56 Å². The van der Waals surface area contributed by atoms with Crippen LogP contribution in [0.1, 0.15) is 48.0 Å². The largest absolute Gasteiger partial charge is 0.507 e. The summed E-state index contributed by atoms with van der Waals surface area (Å²) in [5.74, 6) is 0.000560. The molecule has 1 aromatic carbocycles. The molecule has 22 heavy (non-hydrogen) atoms. The van der Waals surface area contributed by atoms with E-state index in [0.717, 1.165) is 17.7 Å². The van der Waals surface area contributed by atoms with Gasteiger partial charge in [0.25, 0.3) is 0 Å². The maximum Gasteiger partial charge on any atom is 0.219 e. The second-order valence-corrected chi connectivity index (χ2v) is 5.41. The van der Waals surface area contributed by atoms with Gasteiger partial charge in [-0.15, -0.1) is 6.58 Å². The molecule has 1 aromatic rings. The zero-order chi connectivity index (χ0) is 16.1. The van der Waals surface area contributed by atoms with Gasteiger partial charge in [-0.2, -0.15) is 0 Å². The molecule has 0 saturated carbocycles. The fourth-order valence-corrected chi connectivity index (χ4v) is 2.80. The molecule has 0 aliphatic carbocycles. The van der Waals surface area contributed by atoms with E-state index in [1.807, 2.05) is 6.92 Å². The van der Waals surface area contributed by atoms with Gasteiger partial charge in [0.2, 0.25) is 5.91 Å². The van der Waals surface area contributed by atoms with E-state index in [4.69, 9.17) is 0 Å². The van der Waals surface area contributed by atoms with Crippen LogP contribution in [0.25, 0.3) is 0 Å². The predicted molar refractivity (Wildman–Crippen MR) is 86.4 cm³/mol. The lowest BCUT2D eigenvalue weighted by atomic mass is 9.90. The Hall–Kier alpha value is -2.30. The van der Waals surface area contributed by atoms with E-state index in [0.29, 0.717) is 25.1 Å². The molecule has 1 aliphatic heterocycles. The second-order valence-electron chi connectivity index (χ2n) is 5.41. The van der Waals surface area contributed by atoms with Crippen LogP contribution in [0.3, 0.4) is 0 Å². The van der Waals surface area contributed by atoms with Crippen LogP contribution in [0.15, 0.2) is 24.8 Å². The van der Waals surface area contributed by atoms with Gasteiger partial charge in [-0.25, -0.2) is 0 Å². The summed E-state index contributed by atoms with van der Waals surface area (Å²) >= 11 is 0. The van der Waals surface area contributed by atoms with Gasteiger partial charge in [0.1, 0.15) is 5.75 Å². The fraction of sp³-hybridized carbons (Fsp3) is 0.412. The van der Waals surface area contributed by atoms with Crippen molar-refractivity contribution in [2.45, 2.75) is 32.1 Å². The van der Waals surface area contributed by atoms with E-state index in [1.54, 1.807) is 18.2 Å². The van der Waals surface area contributed by atoms with Gasteiger partial charge in [0, 0.05) is 37.5 Å². The molecule has 5 heteroatoms. The third-order valence-corrected chi connectivity index (χ3v) is 3.92. The average molecular weight is 302 g/mol. The number of benzene rings is 1. The molecule has 3 N–H and O–H groups in total. The normalized spacial score (nSPS) is 15.8. The first-order valence-corrected chi connectivity index (χ1v) is 7.59. The SMILES string of the molecule is C=CCC(=O)c1c(O)ccc2c1C(CCNC(=O)CC)CN2. The molecule has 0 aromatic heterocycles. The van der Waals surface area contributed by atoms with Crippen LogP contribution in [0.2, 0.25) is 0 Å². The molecule has 5 nitrogen and oxygen atoms in total. The van der Waals surface area contributed by atoms with Crippen LogP contribution in [0.4, 0.5) is 5.69 Å². The van der Waals surface area contributed by atoms with Gasteiger partial charge in [-0.1, -0.05) is 13.0 Å². The Morgan fingerprint density at radius 3 is 2.95 bits per heavy atom. The Bertz CT molecular complexity index is 596. The molecule has 2 rings (SSSR count). The number of phenols is 1. The summed E-state index contributed by atoms with van der Waals surface area (Å²) in [5.41, 5.74) is 2.13. The minimum atomic E-state index is -0.129. The zero-order valence-corrected chi connectivity index (χ0v) is 12.8. The fourth-order valence-electron chi connectivity index (χ4n) is 2.80. The van der Waals surface area contributed by atoms with E-state index < -0.39 is 0 Å². The highest BCUT2D eigenvalue weighted by atomic mass is 16.3. The first-order valence-electron chi connectivity index (χ1n) is 7.59. The van der Waals surface area contributed by atoms with E-state index >= 15 is 0 Å². The Kier molecular flexibility index (Phi) is 5.20. The van der Waals surface area contributed by atoms with Crippen molar-refractivity contribution in [3.05, 3.63) is 35.9 Å². The second kappa shape index (κ2) is 7.11. The van der Waals surface area contributed by atoms with Gasteiger partial charge in [-0.05, 0) is 24.1 Å². The molecule has 0 fully saturated rings. The number of rotatable bonds is 7. The molecule has 0 saturated heterocycles. The number of phenolic OH excluding ortho intramolecular Hbond substituents is 1. The number of carbonyl (C=O) groups is 2. The lowest BCUT2D eigenvalue weighted by Gasteiger charge is -2.15. The van der Waals surface area contributed by atoms with Crippen LogP contribution in [0, 0.1) is 0 Å². The Morgan fingerprint density at radius 1 is 1.50 bits per heavy atom. The number of allylic oxidation sites excluding steroid dienone is 1. The minimum absolute atomic E-state index is 0.0110.